The number of piperidine rings is 1. The van der Waals surface area contributed by atoms with Gasteiger partial charge in [-0.05, 0) is 25.1 Å². The summed E-state index contributed by atoms with van der Waals surface area (Å²) in [4.78, 5) is 21.0. The number of nitrogens with zero attached hydrogens (tertiary/aromatic N) is 9. The van der Waals surface area contributed by atoms with Crippen molar-refractivity contribution in [2.75, 3.05) is 64.2 Å². The minimum absolute atomic E-state index is 0.0334. The van der Waals surface area contributed by atoms with E-state index in [1.165, 1.54) is 12.0 Å². The van der Waals surface area contributed by atoms with Gasteiger partial charge in [0, 0.05) is 62.6 Å². The van der Waals surface area contributed by atoms with E-state index in [9.17, 15) is 5.26 Å². The smallest absolute Gasteiger partial charge is 0.212 e. The molecule has 8 rings (SSSR count). The van der Waals surface area contributed by atoms with Crippen molar-refractivity contribution < 1.29 is 14.2 Å². The Bertz CT molecular complexity index is 1640. The van der Waals surface area contributed by atoms with Crippen LogP contribution in [0.5, 0.6) is 11.6 Å². The lowest BCUT2D eigenvalue weighted by Gasteiger charge is -2.56. The lowest BCUT2D eigenvalue weighted by molar-refractivity contribution is -0.0404. The second-order valence-electron chi connectivity index (χ2n) is 11.4. The standard InChI is InChI=1S/C30H34N10O3/c1-37-5-6-42-23(16-37)18-43-22-8-24(29-25(9-31)30(32)36-40(29)17-22)26-11-34-27(12-33-26)38-14-20-7-21(15-38)39(20)13-19-3-4-28(41-2)35-10-19/h3-4,8,10-12,17,20-21,23H,5-7,13-16,18H2,1-2H3,(H2,32,36)/t20?,21?,23-/m0/s1. The number of ether oxygens (including phenoxy) is 3. The second-order valence-corrected chi connectivity index (χ2v) is 11.4. The van der Waals surface area contributed by atoms with Gasteiger partial charge in [0.15, 0.2) is 5.82 Å². The van der Waals surface area contributed by atoms with E-state index in [0.29, 0.717) is 59.3 Å². The molecule has 4 aromatic rings. The van der Waals surface area contributed by atoms with Gasteiger partial charge in [0.1, 0.15) is 35.9 Å². The molecule has 4 saturated heterocycles. The van der Waals surface area contributed by atoms with Crippen LogP contribution >= 0.6 is 0 Å². The monoisotopic (exact) mass is 582 g/mol. The van der Waals surface area contributed by atoms with Gasteiger partial charge in [-0.1, -0.05) is 6.07 Å². The van der Waals surface area contributed by atoms with Crippen LogP contribution in [0.25, 0.3) is 16.8 Å². The molecule has 0 aliphatic carbocycles. The van der Waals surface area contributed by atoms with Gasteiger partial charge in [0.25, 0.3) is 0 Å². The molecule has 13 heteroatoms. The fraction of sp³-hybridized carbons (Fsp3) is 0.433. The van der Waals surface area contributed by atoms with Crippen molar-refractivity contribution in [1.29, 1.82) is 5.26 Å². The number of hydrogen-bond donors (Lipinski definition) is 1. The summed E-state index contributed by atoms with van der Waals surface area (Å²) >= 11 is 0. The third-order valence-electron chi connectivity index (χ3n) is 8.57. The van der Waals surface area contributed by atoms with E-state index in [-0.39, 0.29) is 11.9 Å². The highest BCUT2D eigenvalue weighted by Gasteiger charge is 2.44. The van der Waals surface area contributed by atoms with E-state index in [2.05, 4.69) is 44.0 Å². The number of rotatable bonds is 8. The zero-order valence-corrected chi connectivity index (χ0v) is 24.3. The van der Waals surface area contributed by atoms with E-state index in [0.717, 1.165) is 38.5 Å². The quantitative estimate of drug-likeness (QED) is 0.324. The second kappa shape index (κ2) is 11.3. The molecule has 0 saturated carbocycles. The van der Waals surface area contributed by atoms with Crippen molar-refractivity contribution >= 4 is 17.2 Å². The third kappa shape index (κ3) is 5.29. The van der Waals surface area contributed by atoms with Gasteiger partial charge in [-0.15, -0.1) is 5.10 Å². The Morgan fingerprint density at radius 3 is 2.67 bits per heavy atom. The fourth-order valence-electron chi connectivity index (χ4n) is 6.31. The maximum Gasteiger partial charge on any atom is 0.212 e. The van der Waals surface area contributed by atoms with E-state index >= 15 is 0 Å². The molecular formula is C30H34N10O3. The number of hydrogen-bond acceptors (Lipinski definition) is 12. The number of nitriles is 1. The molecule has 2 bridgehead atoms. The van der Waals surface area contributed by atoms with E-state index < -0.39 is 0 Å². The van der Waals surface area contributed by atoms with Crippen LogP contribution in [0.15, 0.2) is 43.0 Å². The van der Waals surface area contributed by atoms with Gasteiger partial charge in [-0.2, -0.15) is 5.26 Å². The molecule has 3 atom stereocenters. The number of nitrogen functional groups attached to an aromatic ring is 1. The van der Waals surface area contributed by atoms with E-state index in [1.807, 2.05) is 18.3 Å². The van der Waals surface area contributed by atoms with Gasteiger partial charge in [0.2, 0.25) is 5.88 Å². The number of methoxy groups -OCH3 is 1. The van der Waals surface area contributed by atoms with Gasteiger partial charge < -0.3 is 29.7 Å². The summed E-state index contributed by atoms with van der Waals surface area (Å²) in [5, 5.41) is 14.2. The highest BCUT2D eigenvalue weighted by Crippen LogP contribution is 2.36. The summed E-state index contributed by atoms with van der Waals surface area (Å²) < 4.78 is 18.8. The van der Waals surface area contributed by atoms with Crippen molar-refractivity contribution in [1.82, 2.24) is 34.4 Å². The molecule has 222 valence electrons. The Morgan fingerprint density at radius 1 is 1.12 bits per heavy atom. The molecule has 0 amide bonds. The van der Waals surface area contributed by atoms with E-state index in [1.54, 1.807) is 30.2 Å². The first-order valence-electron chi connectivity index (χ1n) is 14.5. The molecular weight excluding hydrogens is 548 g/mol. The predicted molar refractivity (Wildman–Crippen MR) is 159 cm³/mol. The maximum atomic E-state index is 9.83. The number of morpholine rings is 1. The minimum Gasteiger partial charge on any atom is -0.489 e. The summed E-state index contributed by atoms with van der Waals surface area (Å²) in [6, 6.07) is 8.96. The van der Waals surface area contributed by atoms with Crippen LogP contribution in [-0.2, 0) is 11.3 Å². The van der Waals surface area contributed by atoms with Crippen LogP contribution in [0.3, 0.4) is 0 Å². The molecule has 4 aliphatic rings. The molecule has 4 fully saturated rings. The Hall–Kier alpha value is -4.51. The van der Waals surface area contributed by atoms with Crippen LogP contribution in [0, 0.1) is 11.3 Å². The number of anilines is 2. The lowest BCUT2D eigenvalue weighted by Crippen LogP contribution is -2.68. The molecule has 13 nitrogen and oxygen atoms in total. The molecule has 4 aliphatic heterocycles. The number of aromatic nitrogens is 5. The molecule has 2 N–H and O–H groups in total. The molecule has 4 aromatic heterocycles. The van der Waals surface area contributed by atoms with Crippen LogP contribution in [0.4, 0.5) is 11.6 Å². The number of likely N-dealkylation sites (N-methyl/N-ethyl adjacent to an activating group) is 1. The summed E-state index contributed by atoms with van der Waals surface area (Å²) in [6.07, 6.45) is 8.32. The highest BCUT2D eigenvalue weighted by atomic mass is 16.5. The van der Waals surface area contributed by atoms with Crippen LogP contribution in [-0.4, -0.2) is 106 Å². The predicted octanol–water partition coefficient (Wildman–Crippen LogP) is 1.82. The van der Waals surface area contributed by atoms with Crippen molar-refractivity contribution in [3.8, 4) is 29.0 Å². The number of fused-ring (bicyclic) bond motifs is 3. The Labute approximate surface area is 249 Å². The molecule has 0 spiro atoms. The van der Waals surface area contributed by atoms with Crippen molar-refractivity contribution in [3.63, 3.8) is 0 Å². The average Bonchev–Trinajstić information content (AvgIpc) is 3.37. The Balaban J connectivity index is 1.08. The van der Waals surface area contributed by atoms with Crippen molar-refractivity contribution in [2.45, 2.75) is 31.2 Å². The van der Waals surface area contributed by atoms with Gasteiger partial charge in [-0.3, -0.25) is 9.88 Å². The number of pyridine rings is 2. The Morgan fingerprint density at radius 2 is 1.98 bits per heavy atom. The van der Waals surface area contributed by atoms with Crippen molar-refractivity contribution in [2.24, 2.45) is 0 Å². The van der Waals surface area contributed by atoms with Crippen molar-refractivity contribution in [3.05, 3.63) is 54.1 Å². The average molecular weight is 583 g/mol. The van der Waals surface area contributed by atoms with Gasteiger partial charge in [0.05, 0.1) is 43.5 Å². The largest absolute Gasteiger partial charge is 0.489 e. The summed E-state index contributed by atoms with van der Waals surface area (Å²) in [6.45, 7) is 5.42. The minimum atomic E-state index is -0.0334. The van der Waals surface area contributed by atoms with Gasteiger partial charge in [-0.25, -0.2) is 14.5 Å². The summed E-state index contributed by atoms with van der Waals surface area (Å²) in [5.41, 5.74) is 9.45. The SMILES string of the molecule is COc1ccc(CN2C3CC2CN(c2cnc(-c4cc(OC[C@@H]5CN(C)CCO5)cn5nc(N)c(C#N)c45)cn2)C3)cn1. The topological polar surface area (TPSA) is 143 Å². The zero-order chi connectivity index (χ0) is 29.5. The number of nitrogens with two attached hydrogens (primary N) is 1. The number of piperazine rings is 1. The first-order chi connectivity index (χ1) is 21.0. The summed E-state index contributed by atoms with van der Waals surface area (Å²) in [7, 11) is 3.70. The normalized spacial score (nSPS) is 22.3. The van der Waals surface area contributed by atoms with Crippen LogP contribution in [0.2, 0.25) is 0 Å². The summed E-state index contributed by atoms with van der Waals surface area (Å²) in [5.74, 6) is 2.20. The van der Waals surface area contributed by atoms with Crippen LogP contribution in [0.1, 0.15) is 17.5 Å². The lowest BCUT2D eigenvalue weighted by atomic mass is 9.87. The van der Waals surface area contributed by atoms with Crippen LogP contribution < -0.4 is 20.1 Å². The Kier molecular flexibility index (Phi) is 7.18. The molecule has 0 aromatic carbocycles. The van der Waals surface area contributed by atoms with Gasteiger partial charge >= 0.3 is 0 Å². The maximum absolute atomic E-state index is 9.83. The first-order valence-corrected chi connectivity index (χ1v) is 14.5. The molecule has 43 heavy (non-hydrogen) atoms. The first kappa shape index (κ1) is 27.3. The molecule has 8 heterocycles. The molecule has 2 unspecified atom stereocenters. The fourth-order valence-corrected chi connectivity index (χ4v) is 6.31. The molecule has 0 radical (unpaired) electrons. The zero-order valence-electron chi connectivity index (χ0n) is 24.3. The highest BCUT2D eigenvalue weighted by molar-refractivity contribution is 5.86. The third-order valence-corrected chi connectivity index (χ3v) is 8.57. The van der Waals surface area contributed by atoms with E-state index in [4.69, 9.17) is 29.9 Å².